The first kappa shape index (κ1) is 20.8. The van der Waals surface area contributed by atoms with E-state index in [2.05, 4.69) is 15.1 Å². The molecule has 0 saturated carbocycles. The van der Waals surface area contributed by atoms with Gasteiger partial charge in [-0.2, -0.15) is 0 Å². The molecular formula is C23H22N6O4. The predicted octanol–water partition coefficient (Wildman–Crippen LogP) is 1.92. The highest BCUT2D eigenvalue weighted by molar-refractivity contribution is 6.03. The lowest BCUT2D eigenvalue weighted by Crippen LogP contribution is -2.35. The molecule has 0 spiro atoms. The predicted molar refractivity (Wildman–Crippen MR) is 119 cm³/mol. The van der Waals surface area contributed by atoms with Gasteiger partial charge in [-0.1, -0.05) is 23.4 Å². The number of carbonyl (C=O) groups is 2. The summed E-state index contributed by atoms with van der Waals surface area (Å²) in [4.78, 5) is 34.6. The van der Waals surface area contributed by atoms with Crippen molar-refractivity contribution in [3.63, 3.8) is 0 Å². The number of rotatable bonds is 5. The number of nitrogens with two attached hydrogens (primary N) is 1. The molecule has 5 rings (SSSR count). The summed E-state index contributed by atoms with van der Waals surface area (Å²) < 4.78 is 7.28. The summed E-state index contributed by atoms with van der Waals surface area (Å²) in [5.41, 5.74) is 7.66. The Bertz CT molecular complexity index is 1410. The standard InChI is InChI=1S/C23H22N6O4/c1-3-29-12-25-19-17(29)10-15(26-20(19)21(24)30)13-5-4-6-14(9-13)16-11-18(33-27-16)23(32)7-8-28(2)22(23)31/h4-6,9-12,32H,3,7-8H2,1-2H3,(H2,24,30). The van der Waals surface area contributed by atoms with Gasteiger partial charge in [0.1, 0.15) is 11.2 Å². The summed E-state index contributed by atoms with van der Waals surface area (Å²) in [6.07, 6.45) is 1.89. The highest BCUT2D eigenvalue weighted by Crippen LogP contribution is 2.35. The van der Waals surface area contributed by atoms with E-state index in [4.69, 9.17) is 10.3 Å². The van der Waals surface area contributed by atoms with Crippen LogP contribution >= 0.6 is 0 Å². The minimum Gasteiger partial charge on any atom is -0.373 e. The first-order chi connectivity index (χ1) is 15.8. The molecule has 3 aromatic heterocycles. The number of aliphatic hydroxyl groups is 1. The van der Waals surface area contributed by atoms with Crippen molar-refractivity contribution in [1.29, 1.82) is 0 Å². The van der Waals surface area contributed by atoms with Crippen LogP contribution in [-0.4, -0.2) is 55.1 Å². The third kappa shape index (κ3) is 3.26. The SMILES string of the molecule is CCn1cnc2c(C(N)=O)nc(-c3cccc(-c4cc(C5(O)CCN(C)C5=O)on4)c3)cc21. The maximum atomic E-state index is 12.4. The van der Waals surface area contributed by atoms with Gasteiger partial charge in [0, 0.05) is 43.8 Å². The van der Waals surface area contributed by atoms with Crippen LogP contribution in [0.3, 0.4) is 0 Å². The summed E-state index contributed by atoms with van der Waals surface area (Å²) in [5.74, 6) is -0.956. The van der Waals surface area contributed by atoms with Gasteiger partial charge in [-0.3, -0.25) is 9.59 Å². The van der Waals surface area contributed by atoms with Gasteiger partial charge in [-0.25, -0.2) is 9.97 Å². The topological polar surface area (TPSA) is 140 Å². The second-order valence-corrected chi connectivity index (χ2v) is 8.11. The normalized spacial score (nSPS) is 18.4. The van der Waals surface area contributed by atoms with Crippen molar-refractivity contribution in [3.05, 3.63) is 54.2 Å². The van der Waals surface area contributed by atoms with Crippen LogP contribution in [0.25, 0.3) is 33.5 Å². The van der Waals surface area contributed by atoms with Gasteiger partial charge in [0.25, 0.3) is 11.8 Å². The number of benzene rings is 1. The number of likely N-dealkylation sites (tertiary alicyclic amines) is 1. The average Bonchev–Trinajstić information content (AvgIpc) is 3.54. The molecule has 1 aliphatic rings. The average molecular weight is 446 g/mol. The zero-order chi connectivity index (χ0) is 23.3. The van der Waals surface area contributed by atoms with Crippen LogP contribution in [0.15, 0.2) is 47.2 Å². The molecule has 4 heterocycles. The van der Waals surface area contributed by atoms with E-state index < -0.39 is 17.4 Å². The minimum atomic E-state index is -1.71. The molecule has 168 valence electrons. The van der Waals surface area contributed by atoms with Crippen molar-refractivity contribution in [2.24, 2.45) is 5.73 Å². The van der Waals surface area contributed by atoms with E-state index in [1.165, 1.54) is 4.90 Å². The van der Waals surface area contributed by atoms with Gasteiger partial charge in [-0.15, -0.1) is 0 Å². The highest BCUT2D eigenvalue weighted by Gasteiger charge is 2.48. The summed E-state index contributed by atoms with van der Waals surface area (Å²) in [5, 5.41) is 14.9. The zero-order valence-electron chi connectivity index (χ0n) is 18.1. The molecule has 0 aliphatic carbocycles. The maximum Gasteiger partial charge on any atom is 0.269 e. The highest BCUT2D eigenvalue weighted by atomic mass is 16.5. The Morgan fingerprint density at radius 3 is 2.67 bits per heavy atom. The van der Waals surface area contributed by atoms with Crippen molar-refractivity contribution in [3.8, 4) is 22.5 Å². The van der Waals surface area contributed by atoms with Crippen LogP contribution in [0, 0.1) is 0 Å². The van der Waals surface area contributed by atoms with E-state index >= 15 is 0 Å². The molecule has 1 atom stereocenters. The molecule has 4 aromatic rings. The summed E-state index contributed by atoms with van der Waals surface area (Å²) in [6, 6.07) is 10.8. The number of pyridine rings is 1. The summed E-state index contributed by atoms with van der Waals surface area (Å²) >= 11 is 0. The Balaban J connectivity index is 1.56. The van der Waals surface area contributed by atoms with Gasteiger partial charge in [0.15, 0.2) is 11.5 Å². The van der Waals surface area contributed by atoms with Crippen LogP contribution in [-0.2, 0) is 16.9 Å². The number of imidazole rings is 1. The number of hydrogen-bond donors (Lipinski definition) is 2. The lowest BCUT2D eigenvalue weighted by Gasteiger charge is -2.16. The van der Waals surface area contributed by atoms with Gasteiger partial charge in [0.05, 0.1) is 17.5 Å². The second-order valence-electron chi connectivity index (χ2n) is 8.11. The minimum absolute atomic E-state index is 0.106. The Kier molecular flexibility index (Phi) is 4.75. The van der Waals surface area contributed by atoms with Gasteiger partial charge in [-0.05, 0) is 19.1 Å². The lowest BCUT2D eigenvalue weighted by atomic mass is 9.97. The molecule has 1 aromatic carbocycles. The van der Waals surface area contributed by atoms with E-state index in [0.717, 1.165) is 11.1 Å². The molecule has 10 nitrogen and oxygen atoms in total. The molecule has 0 bridgehead atoms. The fourth-order valence-electron chi connectivity index (χ4n) is 4.16. The number of carbonyl (C=O) groups excluding carboxylic acids is 2. The Labute approximate surface area is 188 Å². The number of aryl methyl sites for hydroxylation is 1. The van der Waals surface area contributed by atoms with Crippen LogP contribution in [0.2, 0.25) is 0 Å². The smallest absolute Gasteiger partial charge is 0.269 e. The van der Waals surface area contributed by atoms with E-state index in [9.17, 15) is 14.7 Å². The quantitative estimate of drug-likeness (QED) is 0.477. The number of amides is 2. The maximum absolute atomic E-state index is 12.4. The van der Waals surface area contributed by atoms with E-state index in [1.807, 2.05) is 41.8 Å². The Morgan fingerprint density at radius 1 is 1.24 bits per heavy atom. The second kappa shape index (κ2) is 7.52. The van der Waals surface area contributed by atoms with Crippen LogP contribution in [0.1, 0.15) is 29.6 Å². The van der Waals surface area contributed by atoms with Crippen molar-refractivity contribution < 1.29 is 19.2 Å². The zero-order valence-corrected chi connectivity index (χ0v) is 18.1. The van der Waals surface area contributed by atoms with Crippen molar-refractivity contribution >= 4 is 22.8 Å². The molecule has 10 heteroatoms. The number of nitrogens with zero attached hydrogens (tertiary/aromatic N) is 5. The number of fused-ring (bicyclic) bond motifs is 1. The molecule has 1 unspecified atom stereocenters. The van der Waals surface area contributed by atoms with Crippen molar-refractivity contribution in [2.45, 2.75) is 25.5 Å². The molecule has 33 heavy (non-hydrogen) atoms. The fourth-order valence-corrected chi connectivity index (χ4v) is 4.16. The molecule has 1 fully saturated rings. The molecule has 3 N–H and O–H groups in total. The first-order valence-corrected chi connectivity index (χ1v) is 10.5. The molecule has 2 amide bonds. The number of likely N-dealkylation sites (N-methyl/N-ethyl adjacent to an activating group) is 1. The van der Waals surface area contributed by atoms with Gasteiger partial charge >= 0.3 is 0 Å². The summed E-state index contributed by atoms with van der Waals surface area (Å²) in [7, 11) is 1.63. The van der Waals surface area contributed by atoms with Crippen molar-refractivity contribution in [1.82, 2.24) is 24.6 Å². The molecule has 1 saturated heterocycles. The molecule has 1 aliphatic heterocycles. The number of primary amides is 1. The monoisotopic (exact) mass is 446 g/mol. The van der Waals surface area contributed by atoms with Crippen LogP contribution in [0.4, 0.5) is 0 Å². The first-order valence-electron chi connectivity index (χ1n) is 10.5. The van der Waals surface area contributed by atoms with E-state index in [-0.39, 0.29) is 17.9 Å². The van der Waals surface area contributed by atoms with Crippen LogP contribution < -0.4 is 5.73 Å². The van der Waals surface area contributed by atoms with Crippen molar-refractivity contribution in [2.75, 3.05) is 13.6 Å². The van der Waals surface area contributed by atoms with E-state index in [1.54, 1.807) is 19.4 Å². The molecular weight excluding hydrogens is 424 g/mol. The van der Waals surface area contributed by atoms with Gasteiger partial charge < -0.3 is 24.8 Å². The van der Waals surface area contributed by atoms with Gasteiger partial charge in [0.2, 0.25) is 5.60 Å². The Hall–Kier alpha value is -4.05. The van der Waals surface area contributed by atoms with E-state index in [0.29, 0.717) is 35.6 Å². The number of aromatic nitrogens is 4. The fraction of sp³-hybridized carbons (Fsp3) is 0.261. The third-order valence-corrected chi connectivity index (χ3v) is 6.06. The lowest BCUT2D eigenvalue weighted by molar-refractivity contribution is -0.144. The summed E-state index contributed by atoms with van der Waals surface area (Å²) in [6.45, 7) is 3.09. The number of hydrogen-bond acceptors (Lipinski definition) is 7. The largest absolute Gasteiger partial charge is 0.373 e. The Morgan fingerprint density at radius 2 is 2.00 bits per heavy atom. The van der Waals surface area contributed by atoms with Crippen LogP contribution in [0.5, 0.6) is 0 Å². The third-order valence-electron chi connectivity index (χ3n) is 6.06. The molecule has 0 radical (unpaired) electrons.